The van der Waals surface area contributed by atoms with Crippen LogP contribution in [0.4, 0.5) is 0 Å². The number of fused-ring (bicyclic) bond motifs is 8. The molecule has 1 heterocycles. The van der Waals surface area contributed by atoms with Crippen LogP contribution in [0.5, 0.6) is 5.75 Å². The fourth-order valence-corrected chi connectivity index (χ4v) is 15.2. The quantitative estimate of drug-likeness (QED) is 0.216. The molecule has 47 heavy (non-hydrogen) atoms. The summed E-state index contributed by atoms with van der Waals surface area (Å²) in [6.07, 6.45) is 26.4. The maximum Gasteiger partial charge on any atom is 0.116 e. The SMILES string of the molecule is CC1CC=CC2(C1)CC1(CCC3(CCCC3)C1)CC1C3Cc4cc(O)cc(c4)Cc4ccccc4CNC(C)CSSCC(C3)CC12. The third-order valence-corrected chi connectivity index (χ3v) is 16.9. The van der Waals surface area contributed by atoms with Crippen LogP contribution in [0.2, 0.25) is 0 Å². The molecule has 2 nitrogen and oxygen atoms in total. The monoisotopic (exact) mass is 669 g/mol. The van der Waals surface area contributed by atoms with Gasteiger partial charge in [0, 0.05) is 24.1 Å². The summed E-state index contributed by atoms with van der Waals surface area (Å²) >= 11 is 0. The van der Waals surface area contributed by atoms with Crippen molar-refractivity contribution >= 4 is 21.6 Å². The molecule has 4 saturated carbocycles. The van der Waals surface area contributed by atoms with E-state index in [1.807, 2.05) is 6.07 Å². The van der Waals surface area contributed by atoms with Gasteiger partial charge in [0.1, 0.15) is 5.75 Å². The third kappa shape index (κ3) is 6.88. The smallest absolute Gasteiger partial charge is 0.116 e. The van der Waals surface area contributed by atoms with E-state index >= 15 is 0 Å². The normalized spacial score (nSPS) is 38.7. The van der Waals surface area contributed by atoms with Crippen molar-refractivity contribution in [1.82, 2.24) is 5.32 Å². The van der Waals surface area contributed by atoms with E-state index in [0.29, 0.717) is 34.0 Å². The fourth-order valence-electron chi connectivity index (χ4n) is 12.5. The van der Waals surface area contributed by atoms with Crippen molar-refractivity contribution in [2.75, 3.05) is 11.5 Å². The number of hydrogen-bond donors (Lipinski definition) is 2. The average Bonchev–Trinajstić information content (AvgIpc) is 3.64. The van der Waals surface area contributed by atoms with Gasteiger partial charge < -0.3 is 10.4 Å². The molecule has 0 saturated heterocycles. The van der Waals surface area contributed by atoms with Crippen molar-refractivity contribution in [1.29, 1.82) is 0 Å². The van der Waals surface area contributed by atoms with Crippen LogP contribution in [0, 0.1) is 45.8 Å². The standard InChI is InChI=1S/C43H59NOS2/c1-30-8-7-13-43(23-30)29-42(15-14-41(28-42)11-5-6-12-41)24-39-37-18-33-16-32(20-38(45)21-33)17-35-9-3-4-10-36(35)25-44-31(2)26-46-47-27-34(19-37)22-40(39)43/h3-4,7,9-10,13,16,20-21,30-31,34,37,39-40,44-45H,5-6,8,11-12,14-15,17-19,22-29H2,1-2H3. The first-order chi connectivity index (χ1) is 22.8. The molecule has 254 valence electrons. The number of benzene rings is 2. The maximum atomic E-state index is 11.1. The van der Waals surface area contributed by atoms with Gasteiger partial charge in [0.15, 0.2) is 0 Å². The molecule has 4 fully saturated rings. The molecule has 4 heteroatoms. The van der Waals surface area contributed by atoms with E-state index in [-0.39, 0.29) is 0 Å². The predicted molar refractivity (Wildman–Crippen MR) is 202 cm³/mol. The van der Waals surface area contributed by atoms with Crippen molar-refractivity contribution in [2.45, 2.75) is 123 Å². The zero-order chi connectivity index (χ0) is 32.1. The van der Waals surface area contributed by atoms with Crippen LogP contribution in [0.3, 0.4) is 0 Å². The Kier molecular flexibility index (Phi) is 9.36. The van der Waals surface area contributed by atoms with Crippen molar-refractivity contribution < 1.29 is 5.11 Å². The molecular weight excluding hydrogens is 611 g/mol. The summed E-state index contributed by atoms with van der Waals surface area (Å²) in [7, 11) is 4.26. The van der Waals surface area contributed by atoms with E-state index < -0.39 is 0 Å². The van der Waals surface area contributed by atoms with Gasteiger partial charge in [-0.3, -0.25) is 0 Å². The largest absolute Gasteiger partial charge is 0.508 e. The van der Waals surface area contributed by atoms with Gasteiger partial charge in [0.05, 0.1) is 0 Å². The first kappa shape index (κ1) is 32.8. The zero-order valence-corrected chi connectivity index (χ0v) is 30.8. The van der Waals surface area contributed by atoms with Crippen molar-refractivity contribution in [2.24, 2.45) is 45.8 Å². The molecule has 4 bridgehead atoms. The molecule has 8 atom stereocenters. The van der Waals surface area contributed by atoms with Crippen LogP contribution in [-0.4, -0.2) is 22.7 Å². The summed E-state index contributed by atoms with van der Waals surface area (Å²) in [6, 6.07) is 16.0. The highest BCUT2D eigenvalue weighted by atomic mass is 33.1. The van der Waals surface area contributed by atoms with E-state index in [2.05, 4.69) is 89.3 Å². The molecule has 1 aliphatic heterocycles. The minimum Gasteiger partial charge on any atom is -0.508 e. The second kappa shape index (κ2) is 13.4. The van der Waals surface area contributed by atoms with E-state index in [1.54, 1.807) is 0 Å². The Labute approximate surface area is 293 Å². The highest BCUT2D eigenvalue weighted by Gasteiger charge is 2.60. The van der Waals surface area contributed by atoms with Crippen LogP contribution in [0.1, 0.15) is 120 Å². The van der Waals surface area contributed by atoms with Gasteiger partial charge in [0.2, 0.25) is 0 Å². The first-order valence-electron chi connectivity index (χ1n) is 19.3. The number of allylic oxidation sites excluding steroid dienone is 2. The van der Waals surface area contributed by atoms with Crippen LogP contribution in [-0.2, 0) is 19.4 Å². The number of hydrogen-bond acceptors (Lipinski definition) is 4. The minimum atomic E-state index is 0.393. The Bertz CT molecular complexity index is 1450. The Morgan fingerprint density at radius 1 is 0.830 bits per heavy atom. The topological polar surface area (TPSA) is 32.3 Å². The molecule has 2 N–H and O–H groups in total. The molecule has 2 aromatic carbocycles. The Morgan fingerprint density at radius 2 is 1.62 bits per heavy atom. The van der Waals surface area contributed by atoms with E-state index in [4.69, 9.17) is 0 Å². The van der Waals surface area contributed by atoms with E-state index in [9.17, 15) is 5.11 Å². The zero-order valence-electron chi connectivity index (χ0n) is 29.2. The summed E-state index contributed by atoms with van der Waals surface area (Å²) < 4.78 is 0. The number of nitrogens with one attached hydrogen (secondary N) is 1. The third-order valence-electron chi connectivity index (χ3n) is 14.2. The van der Waals surface area contributed by atoms with E-state index in [1.165, 1.54) is 111 Å². The van der Waals surface area contributed by atoms with Crippen molar-refractivity contribution in [3.63, 3.8) is 0 Å². The van der Waals surface area contributed by atoms with Crippen LogP contribution in [0.15, 0.2) is 54.6 Å². The lowest BCUT2D eigenvalue weighted by atomic mass is 9.44. The van der Waals surface area contributed by atoms with E-state index in [0.717, 1.165) is 48.8 Å². The highest BCUT2D eigenvalue weighted by molar-refractivity contribution is 8.76. The molecule has 0 amide bonds. The van der Waals surface area contributed by atoms with Gasteiger partial charge in [-0.25, -0.2) is 0 Å². The molecule has 8 rings (SSSR count). The number of aromatic hydroxyl groups is 1. The lowest BCUT2D eigenvalue weighted by Gasteiger charge is -2.60. The summed E-state index contributed by atoms with van der Waals surface area (Å²) in [4.78, 5) is 0. The molecule has 5 aliphatic carbocycles. The van der Waals surface area contributed by atoms with Crippen LogP contribution < -0.4 is 5.32 Å². The number of phenolic OH excluding ortho intramolecular Hbond substituents is 1. The average molecular weight is 670 g/mol. The molecule has 8 unspecified atom stereocenters. The van der Waals surface area contributed by atoms with Crippen LogP contribution in [0.25, 0.3) is 0 Å². The van der Waals surface area contributed by atoms with Gasteiger partial charge in [-0.2, -0.15) is 0 Å². The van der Waals surface area contributed by atoms with Crippen molar-refractivity contribution in [3.8, 4) is 5.75 Å². The fraction of sp³-hybridized carbons (Fsp3) is 0.674. The lowest BCUT2D eigenvalue weighted by Crippen LogP contribution is -2.52. The number of phenols is 1. The minimum absolute atomic E-state index is 0.393. The second-order valence-corrected chi connectivity index (χ2v) is 20.4. The molecule has 0 aromatic heterocycles. The predicted octanol–water partition coefficient (Wildman–Crippen LogP) is 11.2. The summed E-state index contributed by atoms with van der Waals surface area (Å²) in [5, 5.41) is 14.9. The van der Waals surface area contributed by atoms with Gasteiger partial charge in [-0.05, 0) is 171 Å². The van der Waals surface area contributed by atoms with Gasteiger partial charge in [-0.15, -0.1) is 0 Å². The number of rotatable bonds is 0. The second-order valence-electron chi connectivity index (χ2n) is 17.8. The Balaban J connectivity index is 1.16. The summed E-state index contributed by atoms with van der Waals surface area (Å²) in [6.45, 7) is 5.80. The summed E-state index contributed by atoms with van der Waals surface area (Å²) in [5.74, 6) is 6.82. The Morgan fingerprint density at radius 3 is 2.47 bits per heavy atom. The van der Waals surface area contributed by atoms with Crippen LogP contribution >= 0.6 is 21.6 Å². The first-order valence-corrected chi connectivity index (χ1v) is 21.8. The van der Waals surface area contributed by atoms with Crippen molar-refractivity contribution in [3.05, 3.63) is 76.9 Å². The molecule has 6 aliphatic rings. The highest BCUT2D eigenvalue weighted by Crippen LogP contribution is 2.70. The van der Waals surface area contributed by atoms with Gasteiger partial charge in [0.25, 0.3) is 0 Å². The van der Waals surface area contributed by atoms with Gasteiger partial charge in [-0.1, -0.05) is 83.8 Å². The Hall–Kier alpha value is -1.36. The molecule has 2 aromatic rings. The maximum absolute atomic E-state index is 11.1. The molecular formula is C43H59NOS2. The molecule has 3 spiro atoms. The summed E-state index contributed by atoms with van der Waals surface area (Å²) in [5.41, 5.74) is 7.02. The van der Waals surface area contributed by atoms with Gasteiger partial charge >= 0.3 is 0 Å². The molecule has 0 radical (unpaired) electrons. The lowest BCUT2D eigenvalue weighted by molar-refractivity contribution is -0.0841.